The molecule has 0 aromatic heterocycles. The van der Waals surface area contributed by atoms with Crippen LogP contribution in [0.4, 0.5) is 0 Å². The summed E-state index contributed by atoms with van der Waals surface area (Å²) in [5, 5.41) is 0. The van der Waals surface area contributed by atoms with Gasteiger partial charge in [0.1, 0.15) is 11.5 Å². The highest BCUT2D eigenvalue weighted by Crippen LogP contribution is 2.38. The molecule has 0 atom stereocenters. The molecule has 2 rings (SSSR count). The summed E-state index contributed by atoms with van der Waals surface area (Å²) in [4.78, 5) is 13.4. The summed E-state index contributed by atoms with van der Waals surface area (Å²) in [6, 6.07) is 3.91. The predicted octanol–water partition coefficient (Wildman–Crippen LogP) is 5.79. The number of hydrogen-bond acceptors (Lipinski definition) is 4. The van der Waals surface area contributed by atoms with E-state index < -0.39 is 0 Å². The maximum atomic E-state index is 12.5. The van der Waals surface area contributed by atoms with Gasteiger partial charge in [-0.15, -0.1) is 6.58 Å². The van der Waals surface area contributed by atoms with Gasteiger partial charge in [0.05, 0.1) is 13.2 Å². The van der Waals surface area contributed by atoms with E-state index in [0.717, 1.165) is 21.7 Å². The maximum Gasteiger partial charge on any atom is 0.185 e. The number of ether oxygens (including phenoxy) is 2. The molecule has 0 bridgehead atoms. The highest BCUT2D eigenvalue weighted by molar-refractivity contribution is 7.80. The Morgan fingerprint density at radius 2 is 1.86 bits per heavy atom. The Bertz CT molecular complexity index is 857. The van der Waals surface area contributed by atoms with Crippen molar-refractivity contribution in [2.24, 2.45) is 0 Å². The molecule has 0 spiro atoms. The van der Waals surface area contributed by atoms with Crippen molar-refractivity contribution in [3.63, 3.8) is 0 Å². The van der Waals surface area contributed by atoms with Gasteiger partial charge in [-0.25, -0.2) is 0 Å². The number of allylic oxidation sites excluding steroid dienone is 6. The maximum absolute atomic E-state index is 12.5. The minimum atomic E-state index is -0.286. The Kier molecular flexibility index (Phi) is 7.53. The van der Waals surface area contributed by atoms with Crippen LogP contribution in [-0.2, 0) is 10.2 Å². The van der Waals surface area contributed by atoms with E-state index in [1.54, 1.807) is 18.2 Å². The third-order valence-electron chi connectivity index (χ3n) is 4.59. The van der Waals surface area contributed by atoms with E-state index >= 15 is 0 Å². The average Bonchev–Trinajstić information content (AvgIpc) is 2.68. The number of carbonyl (C=O) groups excluding carboxylic acids is 1. The van der Waals surface area contributed by atoms with Crippen molar-refractivity contribution in [3.05, 3.63) is 65.8 Å². The second kappa shape index (κ2) is 9.65. The molecule has 1 aromatic rings. The van der Waals surface area contributed by atoms with Gasteiger partial charge in [-0.1, -0.05) is 44.3 Å². The van der Waals surface area contributed by atoms with Gasteiger partial charge in [0.15, 0.2) is 5.78 Å². The fraction of sp³-hybridized carbons (Fsp3) is 0.333. The summed E-state index contributed by atoms with van der Waals surface area (Å²) in [5.74, 6) is 1.40. The first kappa shape index (κ1) is 21.8. The molecule has 0 fully saturated rings. The lowest BCUT2D eigenvalue weighted by Crippen LogP contribution is -2.16. The molecule has 0 radical (unpaired) electrons. The van der Waals surface area contributed by atoms with Crippen LogP contribution in [0.3, 0.4) is 0 Å². The van der Waals surface area contributed by atoms with E-state index in [9.17, 15) is 4.79 Å². The quantitative estimate of drug-likeness (QED) is 0.301. The molecule has 1 aliphatic rings. The summed E-state index contributed by atoms with van der Waals surface area (Å²) in [5.41, 5.74) is 2.20. The van der Waals surface area contributed by atoms with Gasteiger partial charge in [-0.3, -0.25) is 4.79 Å². The molecular formula is C24H28O3S. The highest BCUT2D eigenvalue weighted by atomic mass is 32.1. The lowest BCUT2D eigenvalue weighted by molar-refractivity contribution is -0.111. The van der Waals surface area contributed by atoms with Crippen molar-refractivity contribution < 1.29 is 14.3 Å². The zero-order valence-electron chi connectivity index (χ0n) is 17.1. The van der Waals surface area contributed by atoms with Crippen LogP contribution in [-0.4, -0.2) is 23.9 Å². The van der Waals surface area contributed by atoms with Crippen LogP contribution in [0.1, 0.15) is 45.2 Å². The first-order valence-electron chi connectivity index (χ1n) is 9.53. The van der Waals surface area contributed by atoms with Crippen LogP contribution in [0.2, 0.25) is 0 Å². The van der Waals surface area contributed by atoms with Crippen LogP contribution in [0.15, 0.2) is 54.7 Å². The summed E-state index contributed by atoms with van der Waals surface area (Å²) in [6.45, 7) is 13.1. The predicted molar refractivity (Wildman–Crippen MR) is 120 cm³/mol. The van der Waals surface area contributed by atoms with Crippen LogP contribution >= 0.6 is 12.2 Å². The van der Waals surface area contributed by atoms with E-state index in [0.29, 0.717) is 31.0 Å². The zero-order valence-corrected chi connectivity index (χ0v) is 17.9. The van der Waals surface area contributed by atoms with E-state index in [-0.39, 0.29) is 11.2 Å². The number of carbonyl (C=O) groups is 1. The topological polar surface area (TPSA) is 35.5 Å². The molecule has 1 aromatic carbocycles. The van der Waals surface area contributed by atoms with Crippen LogP contribution in [0.5, 0.6) is 11.5 Å². The molecule has 0 amide bonds. The van der Waals surface area contributed by atoms with Crippen molar-refractivity contribution in [2.75, 3.05) is 13.2 Å². The minimum absolute atomic E-state index is 0.0559. The largest absolute Gasteiger partial charge is 0.493 e. The summed E-state index contributed by atoms with van der Waals surface area (Å²) in [7, 11) is 0. The molecule has 0 heterocycles. The van der Waals surface area contributed by atoms with E-state index in [1.807, 2.05) is 44.2 Å². The van der Waals surface area contributed by atoms with E-state index in [1.165, 1.54) is 0 Å². The lowest BCUT2D eigenvalue weighted by atomic mass is 9.83. The van der Waals surface area contributed by atoms with Crippen molar-refractivity contribution in [2.45, 2.75) is 39.5 Å². The summed E-state index contributed by atoms with van der Waals surface area (Å²) in [6.07, 6.45) is 11.3. The van der Waals surface area contributed by atoms with Gasteiger partial charge in [0.25, 0.3) is 0 Å². The molecule has 1 aliphatic carbocycles. The molecule has 4 heteroatoms. The number of rotatable bonds is 9. The highest BCUT2D eigenvalue weighted by Gasteiger charge is 2.23. The van der Waals surface area contributed by atoms with E-state index in [2.05, 4.69) is 20.4 Å². The monoisotopic (exact) mass is 396 g/mol. The van der Waals surface area contributed by atoms with Crippen molar-refractivity contribution in [1.82, 2.24) is 0 Å². The van der Waals surface area contributed by atoms with Gasteiger partial charge in [0, 0.05) is 39.5 Å². The molecule has 3 nitrogen and oxygen atoms in total. The van der Waals surface area contributed by atoms with Gasteiger partial charge in [0.2, 0.25) is 0 Å². The van der Waals surface area contributed by atoms with Crippen molar-refractivity contribution in [3.8, 4) is 11.5 Å². The Hall–Kier alpha value is -2.46. The first-order valence-corrected chi connectivity index (χ1v) is 9.94. The summed E-state index contributed by atoms with van der Waals surface area (Å²) >= 11 is 5.13. The van der Waals surface area contributed by atoms with Crippen LogP contribution in [0, 0.1) is 0 Å². The Labute approximate surface area is 173 Å². The molecule has 0 saturated carbocycles. The molecule has 0 N–H and O–H groups in total. The summed E-state index contributed by atoms with van der Waals surface area (Å²) < 4.78 is 11.7. The smallest absolute Gasteiger partial charge is 0.185 e. The van der Waals surface area contributed by atoms with E-state index in [4.69, 9.17) is 21.7 Å². The second-order valence-electron chi connectivity index (χ2n) is 7.04. The molecule has 0 unspecified atom stereocenters. The number of ketones is 1. The number of hydrogen-bond donors (Lipinski definition) is 0. The average molecular weight is 397 g/mol. The Balaban J connectivity index is 2.44. The first-order chi connectivity index (χ1) is 13.3. The molecular weight excluding hydrogens is 368 g/mol. The molecule has 0 saturated heterocycles. The fourth-order valence-corrected chi connectivity index (χ4v) is 3.00. The zero-order chi connectivity index (χ0) is 20.7. The molecule has 0 aliphatic heterocycles. The Morgan fingerprint density at radius 1 is 1.18 bits per heavy atom. The minimum Gasteiger partial charge on any atom is -0.493 e. The van der Waals surface area contributed by atoms with Gasteiger partial charge < -0.3 is 9.47 Å². The second-order valence-corrected chi connectivity index (χ2v) is 7.56. The third kappa shape index (κ3) is 5.29. The molecule has 148 valence electrons. The van der Waals surface area contributed by atoms with Crippen LogP contribution in [0.25, 0.3) is 6.08 Å². The normalized spacial score (nSPS) is 14.1. The van der Waals surface area contributed by atoms with Gasteiger partial charge in [-0.05, 0) is 38.1 Å². The van der Waals surface area contributed by atoms with Crippen LogP contribution < -0.4 is 9.47 Å². The number of thiocarbonyl (C=S) groups is 1. The van der Waals surface area contributed by atoms with Crippen molar-refractivity contribution >= 4 is 28.9 Å². The van der Waals surface area contributed by atoms with Crippen molar-refractivity contribution in [1.29, 1.82) is 0 Å². The fourth-order valence-electron chi connectivity index (χ4n) is 2.85. The lowest BCUT2D eigenvalue weighted by Gasteiger charge is -2.25. The number of benzene rings is 1. The standard InChI is InChI=1S/C24H28O3S/c1-6-24(4,5)20-15-18(22(26-7-2)16-23(20)27-8-3)11-14-21(25)17-9-12-19(28)13-10-17/h6,9-12,14-16H,1,7-8,13H2,2-5H3. The Morgan fingerprint density at radius 3 is 2.43 bits per heavy atom. The molecule has 28 heavy (non-hydrogen) atoms. The van der Waals surface area contributed by atoms with Gasteiger partial charge >= 0.3 is 0 Å². The SMILES string of the molecule is C=CC(C)(C)c1cc(C=CC(=O)C2=CCC(=S)C=C2)c(OCC)cc1OCC. The third-order valence-corrected chi connectivity index (χ3v) is 4.89. The van der Waals surface area contributed by atoms with Gasteiger partial charge in [-0.2, -0.15) is 0 Å².